The molecule has 0 spiro atoms. The van der Waals surface area contributed by atoms with Gasteiger partial charge in [0.1, 0.15) is 6.21 Å². The van der Waals surface area contributed by atoms with Gasteiger partial charge in [0.2, 0.25) is 0 Å². The van der Waals surface area contributed by atoms with Crippen LogP contribution in [0, 0.1) is 0 Å². The molecule has 0 aromatic rings. The summed E-state index contributed by atoms with van der Waals surface area (Å²) < 4.78 is 0. The lowest BCUT2D eigenvalue weighted by molar-refractivity contribution is 0.315. The molecule has 0 aliphatic rings. The van der Waals surface area contributed by atoms with Gasteiger partial charge in [-0.05, 0) is 0 Å². The minimum atomic E-state index is -0.234. The summed E-state index contributed by atoms with van der Waals surface area (Å²) in [7, 11) is 0. The van der Waals surface area contributed by atoms with Crippen LogP contribution in [0.15, 0.2) is 10.3 Å². The van der Waals surface area contributed by atoms with Gasteiger partial charge in [-0.1, -0.05) is 10.3 Å². The van der Waals surface area contributed by atoms with Gasteiger partial charge in [-0.2, -0.15) is 0 Å². The third-order valence-electron chi connectivity index (χ3n) is 0.305. The second kappa shape index (κ2) is 2.95. The predicted molar refractivity (Wildman–Crippen MR) is 23.7 cm³/mol. The Balaban J connectivity index is 3.58. The van der Waals surface area contributed by atoms with E-state index in [1.807, 2.05) is 0 Å². The third-order valence-corrected chi connectivity index (χ3v) is 0.305. The maximum atomic E-state index is 7.73. The van der Waals surface area contributed by atoms with Crippen LogP contribution in [0.3, 0.4) is 0 Å². The number of hydrogen-bond donors (Lipinski definition) is 3. The molecule has 5 nitrogen and oxygen atoms in total. The highest BCUT2D eigenvalue weighted by atomic mass is 16.4. The first-order chi connectivity index (χ1) is 3.31. The highest BCUT2D eigenvalue weighted by Crippen LogP contribution is 1.55. The summed E-state index contributed by atoms with van der Waals surface area (Å²) in [5.74, 6) is -0.234. The minimum Gasteiger partial charge on any atom is -0.411 e. The van der Waals surface area contributed by atoms with Crippen molar-refractivity contribution in [1.29, 1.82) is 0 Å². The van der Waals surface area contributed by atoms with Crippen molar-refractivity contribution >= 4 is 12.1 Å². The van der Waals surface area contributed by atoms with Crippen LogP contribution in [0.5, 0.6) is 0 Å². The Morgan fingerprint density at radius 1 is 1.57 bits per heavy atom. The van der Waals surface area contributed by atoms with Crippen molar-refractivity contribution in [1.82, 2.24) is 0 Å². The first kappa shape index (κ1) is 5.74. The zero-order valence-corrected chi connectivity index (χ0v) is 3.44. The van der Waals surface area contributed by atoms with E-state index in [1.54, 1.807) is 0 Å². The molecule has 0 radical (unpaired) electrons. The summed E-state index contributed by atoms with van der Waals surface area (Å²) in [6, 6.07) is 0. The zero-order chi connectivity index (χ0) is 5.70. The summed E-state index contributed by atoms with van der Waals surface area (Å²) in [5, 5.41) is 20.3. The molecule has 0 unspecified atom stereocenters. The van der Waals surface area contributed by atoms with Crippen LogP contribution in [-0.2, 0) is 0 Å². The van der Waals surface area contributed by atoms with Crippen molar-refractivity contribution in [3.63, 3.8) is 0 Å². The average Bonchev–Trinajstić information content (AvgIpc) is 1.68. The molecule has 0 amide bonds. The van der Waals surface area contributed by atoms with E-state index in [1.165, 1.54) is 0 Å². The van der Waals surface area contributed by atoms with Crippen LogP contribution in [-0.4, -0.2) is 22.5 Å². The fourth-order valence-corrected chi connectivity index (χ4v) is 0.0850. The van der Waals surface area contributed by atoms with Gasteiger partial charge in [0.15, 0.2) is 5.84 Å². The molecule has 4 N–H and O–H groups in total. The molecule has 7 heavy (non-hydrogen) atoms. The van der Waals surface area contributed by atoms with Crippen LogP contribution in [0.1, 0.15) is 0 Å². The van der Waals surface area contributed by atoms with Crippen molar-refractivity contribution in [2.45, 2.75) is 0 Å². The largest absolute Gasteiger partial charge is 0.411 e. The van der Waals surface area contributed by atoms with E-state index in [0.29, 0.717) is 0 Å². The normalized spacial score (nSPS) is 12.9. The van der Waals surface area contributed by atoms with Gasteiger partial charge >= 0.3 is 0 Å². The molecule has 0 bridgehead atoms. The number of hydrogen-bond acceptors (Lipinski definition) is 4. The molecular formula is C2H5N3O2. The first-order valence-corrected chi connectivity index (χ1v) is 1.46. The standard InChI is InChI=1S/C2H5N3O2/c3-2(5-7)1-4-6/h1,6-7H,(H2,3,5). The van der Waals surface area contributed by atoms with E-state index in [-0.39, 0.29) is 5.84 Å². The predicted octanol–water partition coefficient (Wildman–Crippen LogP) is -0.807. The van der Waals surface area contributed by atoms with E-state index >= 15 is 0 Å². The quantitative estimate of drug-likeness (QED) is 0.175. The lowest BCUT2D eigenvalue weighted by Gasteiger charge is -1.78. The molecule has 0 rings (SSSR count). The Hall–Kier alpha value is -1.26. The van der Waals surface area contributed by atoms with Crippen LogP contribution < -0.4 is 5.73 Å². The molecule has 0 saturated carbocycles. The monoisotopic (exact) mass is 103 g/mol. The number of oxime groups is 2. The maximum absolute atomic E-state index is 7.73. The van der Waals surface area contributed by atoms with Gasteiger partial charge < -0.3 is 16.1 Å². The summed E-state index contributed by atoms with van der Waals surface area (Å²) in [5.41, 5.74) is 4.77. The third kappa shape index (κ3) is 2.54. The second-order valence-electron chi connectivity index (χ2n) is 0.769. The zero-order valence-electron chi connectivity index (χ0n) is 3.44. The van der Waals surface area contributed by atoms with Crippen LogP contribution >= 0.6 is 0 Å². The molecule has 5 heteroatoms. The summed E-state index contributed by atoms with van der Waals surface area (Å²) in [4.78, 5) is 0. The summed E-state index contributed by atoms with van der Waals surface area (Å²) in [6.07, 6.45) is 0.806. The average molecular weight is 103 g/mol. The van der Waals surface area contributed by atoms with Gasteiger partial charge in [0.25, 0.3) is 0 Å². The van der Waals surface area contributed by atoms with Gasteiger partial charge in [-0.15, -0.1) is 0 Å². The minimum absolute atomic E-state index is 0.234. The highest BCUT2D eigenvalue weighted by Gasteiger charge is 1.78. The Morgan fingerprint density at radius 2 is 2.14 bits per heavy atom. The Morgan fingerprint density at radius 3 is 2.29 bits per heavy atom. The van der Waals surface area contributed by atoms with Crippen LogP contribution in [0.2, 0.25) is 0 Å². The van der Waals surface area contributed by atoms with Crippen LogP contribution in [0.4, 0.5) is 0 Å². The van der Waals surface area contributed by atoms with E-state index in [4.69, 9.17) is 16.1 Å². The number of rotatable bonds is 1. The van der Waals surface area contributed by atoms with Crippen molar-refractivity contribution < 1.29 is 10.4 Å². The molecule has 0 fully saturated rings. The molecule has 0 atom stereocenters. The van der Waals surface area contributed by atoms with E-state index in [9.17, 15) is 0 Å². The lowest BCUT2D eigenvalue weighted by Crippen LogP contribution is -2.12. The topological polar surface area (TPSA) is 91.2 Å². The highest BCUT2D eigenvalue weighted by molar-refractivity contribution is 6.28. The number of nitrogens with two attached hydrogens (primary N) is 1. The van der Waals surface area contributed by atoms with Crippen molar-refractivity contribution in [2.24, 2.45) is 16.0 Å². The second-order valence-corrected chi connectivity index (χ2v) is 0.769. The molecular weight excluding hydrogens is 98.0 g/mol. The molecule has 0 aromatic heterocycles. The molecule has 0 aliphatic heterocycles. The van der Waals surface area contributed by atoms with Gasteiger partial charge in [0, 0.05) is 0 Å². The van der Waals surface area contributed by atoms with Crippen molar-refractivity contribution in [3.05, 3.63) is 0 Å². The van der Waals surface area contributed by atoms with Gasteiger partial charge in [-0.3, -0.25) is 0 Å². The summed E-state index contributed by atoms with van der Waals surface area (Å²) in [6.45, 7) is 0. The SMILES string of the molecule is NC(C=NO)=NO. The number of amidine groups is 1. The van der Waals surface area contributed by atoms with E-state index in [0.717, 1.165) is 6.21 Å². The van der Waals surface area contributed by atoms with E-state index in [2.05, 4.69) is 10.3 Å². The fourth-order valence-electron chi connectivity index (χ4n) is 0.0850. The Kier molecular flexibility index (Phi) is 2.42. The first-order valence-electron chi connectivity index (χ1n) is 1.46. The molecule has 0 aromatic carbocycles. The fraction of sp³-hybridized carbons (Fsp3) is 0. The maximum Gasteiger partial charge on any atom is 0.184 e. The van der Waals surface area contributed by atoms with Crippen molar-refractivity contribution in [2.75, 3.05) is 0 Å². The number of nitrogens with zero attached hydrogens (tertiary/aromatic N) is 2. The van der Waals surface area contributed by atoms with Crippen LogP contribution in [0.25, 0.3) is 0 Å². The Bertz CT molecular complexity index is 97.1. The molecule has 0 saturated heterocycles. The smallest absolute Gasteiger partial charge is 0.184 e. The molecule has 40 valence electrons. The lowest BCUT2D eigenvalue weighted by atomic mass is 10.7. The Labute approximate surface area is 39.7 Å². The van der Waals surface area contributed by atoms with Gasteiger partial charge in [-0.25, -0.2) is 0 Å². The molecule has 0 heterocycles. The molecule has 0 aliphatic carbocycles. The van der Waals surface area contributed by atoms with Gasteiger partial charge in [0.05, 0.1) is 0 Å². The van der Waals surface area contributed by atoms with E-state index < -0.39 is 0 Å². The summed E-state index contributed by atoms with van der Waals surface area (Å²) >= 11 is 0. The van der Waals surface area contributed by atoms with Crippen molar-refractivity contribution in [3.8, 4) is 0 Å².